The maximum atomic E-state index is 11.7. The van der Waals surface area contributed by atoms with Crippen LogP contribution in [-0.2, 0) is 11.3 Å². The third-order valence-corrected chi connectivity index (χ3v) is 3.15. The smallest absolute Gasteiger partial charge is 0.411 e. The molecule has 0 radical (unpaired) electrons. The summed E-state index contributed by atoms with van der Waals surface area (Å²) < 4.78 is 15.6. The third-order valence-electron chi connectivity index (χ3n) is 2.90. The average Bonchev–Trinajstić information content (AvgIpc) is 2.95. The van der Waals surface area contributed by atoms with Crippen LogP contribution >= 0.6 is 11.6 Å². The first-order chi connectivity index (χ1) is 10.2. The van der Waals surface area contributed by atoms with Crippen LogP contribution in [0.2, 0.25) is 5.02 Å². The Labute approximate surface area is 126 Å². The average molecular weight is 306 g/mol. The van der Waals surface area contributed by atoms with E-state index in [1.165, 1.54) is 0 Å². The first kappa shape index (κ1) is 13.6. The standard InChI is InChI=1S/C15H12ClNO4/c16-11-2-4-12(5-3-11)17-15(18)19-8-10-1-6-13-14(7-10)21-9-20-13/h1-7H,8-9H2,(H,17,18). The molecular weight excluding hydrogens is 294 g/mol. The molecule has 3 rings (SSSR count). The Balaban J connectivity index is 1.55. The van der Waals surface area contributed by atoms with Gasteiger partial charge in [0, 0.05) is 10.7 Å². The molecule has 5 nitrogen and oxygen atoms in total. The van der Waals surface area contributed by atoms with Crippen LogP contribution in [0, 0.1) is 0 Å². The third kappa shape index (κ3) is 3.38. The van der Waals surface area contributed by atoms with Crippen LogP contribution in [0.1, 0.15) is 5.56 Å². The molecular formula is C15H12ClNO4. The van der Waals surface area contributed by atoms with Crippen molar-refractivity contribution >= 4 is 23.4 Å². The number of halogens is 1. The van der Waals surface area contributed by atoms with Crippen molar-refractivity contribution in [3.05, 3.63) is 53.1 Å². The number of carbonyl (C=O) groups is 1. The van der Waals surface area contributed by atoms with Crippen molar-refractivity contribution in [1.82, 2.24) is 0 Å². The van der Waals surface area contributed by atoms with Gasteiger partial charge in [0.2, 0.25) is 6.79 Å². The highest BCUT2D eigenvalue weighted by molar-refractivity contribution is 6.30. The summed E-state index contributed by atoms with van der Waals surface area (Å²) in [6.07, 6.45) is -0.532. The van der Waals surface area contributed by atoms with E-state index < -0.39 is 6.09 Å². The number of amides is 1. The molecule has 0 aliphatic carbocycles. The topological polar surface area (TPSA) is 56.8 Å². The van der Waals surface area contributed by atoms with E-state index in [1.54, 1.807) is 36.4 Å². The monoisotopic (exact) mass is 305 g/mol. The molecule has 0 atom stereocenters. The minimum absolute atomic E-state index is 0.149. The van der Waals surface area contributed by atoms with Gasteiger partial charge in [0.15, 0.2) is 11.5 Å². The van der Waals surface area contributed by atoms with Gasteiger partial charge in [-0.2, -0.15) is 0 Å². The van der Waals surface area contributed by atoms with Crippen LogP contribution in [0.25, 0.3) is 0 Å². The van der Waals surface area contributed by atoms with Crippen LogP contribution in [0.3, 0.4) is 0 Å². The van der Waals surface area contributed by atoms with Crippen LogP contribution in [-0.4, -0.2) is 12.9 Å². The maximum Gasteiger partial charge on any atom is 0.411 e. The summed E-state index contributed by atoms with van der Waals surface area (Å²) >= 11 is 5.77. The van der Waals surface area contributed by atoms with Gasteiger partial charge in [-0.1, -0.05) is 17.7 Å². The van der Waals surface area contributed by atoms with Crippen LogP contribution < -0.4 is 14.8 Å². The van der Waals surface area contributed by atoms with Crippen molar-refractivity contribution < 1.29 is 19.0 Å². The lowest BCUT2D eigenvalue weighted by Crippen LogP contribution is -2.13. The second-order valence-electron chi connectivity index (χ2n) is 4.40. The second-order valence-corrected chi connectivity index (χ2v) is 4.83. The van der Waals surface area contributed by atoms with E-state index >= 15 is 0 Å². The van der Waals surface area contributed by atoms with Gasteiger partial charge in [0.1, 0.15) is 6.61 Å². The minimum Gasteiger partial charge on any atom is -0.454 e. The van der Waals surface area contributed by atoms with E-state index in [1.807, 2.05) is 6.07 Å². The normalized spacial score (nSPS) is 12.0. The van der Waals surface area contributed by atoms with Gasteiger partial charge < -0.3 is 14.2 Å². The predicted octanol–water partition coefficient (Wildman–Crippen LogP) is 3.82. The number of benzene rings is 2. The summed E-state index contributed by atoms with van der Waals surface area (Å²) in [6.45, 7) is 0.368. The highest BCUT2D eigenvalue weighted by atomic mass is 35.5. The Morgan fingerprint density at radius 3 is 2.71 bits per heavy atom. The lowest BCUT2D eigenvalue weighted by atomic mass is 10.2. The van der Waals surface area contributed by atoms with Gasteiger partial charge in [0.25, 0.3) is 0 Å². The lowest BCUT2D eigenvalue weighted by molar-refractivity contribution is 0.154. The van der Waals surface area contributed by atoms with Gasteiger partial charge in [-0.05, 0) is 42.0 Å². The van der Waals surface area contributed by atoms with Gasteiger partial charge in [-0.15, -0.1) is 0 Å². The molecule has 108 valence electrons. The molecule has 1 aliphatic heterocycles. The summed E-state index contributed by atoms with van der Waals surface area (Å²) in [7, 11) is 0. The second kappa shape index (κ2) is 5.93. The number of hydrogen-bond acceptors (Lipinski definition) is 4. The Kier molecular flexibility index (Phi) is 3.83. The summed E-state index contributed by atoms with van der Waals surface area (Å²) in [6, 6.07) is 12.2. The lowest BCUT2D eigenvalue weighted by Gasteiger charge is -2.07. The summed E-state index contributed by atoms with van der Waals surface area (Å²) in [5.74, 6) is 1.36. The molecule has 1 heterocycles. The highest BCUT2D eigenvalue weighted by Crippen LogP contribution is 2.32. The predicted molar refractivity (Wildman–Crippen MR) is 77.8 cm³/mol. The molecule has 2 aromatic rings. The molecule has 6 heteroatoms. The molecule has 0 spiro atoms. The Bertz CT molecular complexity index is 657. The first-order valence-corrected chi connectivity index (χ1v) is 6.66. The van der Waals surface area contributed by atoms with Crippen LogP contribution in [0.4, 0.5) is 10.5 Å². The largest absolute Gasteiger partial charge is 0.454 e. The molecule has 1 amide bonds. The van der Waals surface area contributed by atoms with E-state index in [-0.39, 0.29) is 13.4 Å². The number of nitrogens with one attached hydrogen (secondary N) is 1. The molecule has 0 aromatic heterocycles. The zero-order valence-electron chi connectivity index (χ0n) is 11.0. The Morgan fingerprint density at radius 2 is 1.90 bits per heavy atom. The van der Waals surface area contributed by atoms with Crippen molar-refractivity contribution in [3.63, 3.8) is 0 Å². The van der Waals surface area contributed by atoms with Crippen molar-refractivity contribution in [3.8, 4) is 11.5 Å². The van der Waals surface area contributed by atoms with E-state index in [2.05, 4.69) is 5.32 Å². The maximum absolute atomic E-state index is 11.7. The number of ether oxygens (including phenoxy) is 3. The number of rotatable bonds is 3. The zero-order valence-corrected chi connectivity index (χ0v) is 11.7. The molecule has 0 bridgehead atoms. The zero-order chi connectivity index (χ0) is 14.7. The molecule has 1 N–H and O–H groups in total. The van der Waals surface area contributed by atoms with E-state index in [0.717, 1.165) is 5.56 Å². The van der Waals surface area contributed by atoms with E-state index in [4.69, 9.17) is 25.8 Å². The van der Waals surface area contributed by atoms with E-state index in [9.17, 15) is 4.79 Å². The SMILES string of the molecule is O=C(Nc1ccc(Cl)cc1)OCc1ccc2c(c1)OCO2. The number of hydrogen-bond donors (Lipinski definition) is 1. The van der Waals surface area contributed by atoms with Crippen molar-refractivity contribution in [2.24, 2.45) is 0 Å². The summed E-state index contributed by atoms with van der Waals surface area (Å²) in [4.78, 5) is 11.7. The minimum atomic E-state index is -0.532. The molecule has 1 aliphatic rings. The van der Waals surface area contributed by atoms with Gasteiger partial charge in [-0.3, -0.25) is 5.32 Å². The Hall–Kier alpha value is -2.40. The number of fused-ring (bicyclic) bond motifs is 1. The quantitative estimate of drug-likeness (QED) is 0.936. The van der Waals surface area contributed by atoms with Gasteiger partial charge >= 0.3 is 6.09 Å². The van der Waals surface area contributed by atoms with Gasteiger partial charge in [-0.25, -0.2) is 4.79 Å². The fourth-order valence-electron chi connectivity index (χ4n) is 1.87. The summed E-state index contributed by atoms with van der Waals surface area (Å²) in [5.41, 5.74) is 1.44. The highest BCUT2D eigenvalue weighted by Gasteiger charge is 2.13. The fraction of sp³-hybridized carbons (Fsp3) is 0.133. The summed E-state index contributed by atoms with van der Waals surface area (Å²) in [5, 5.41) is 3.22. The van der Waals surface area contributed by atoms with Crippen LogP contribution in [0.5, 0.6) is 11.5 Å². The van der Waals surface area contributed by atoms with Crippen molar-refractivity contribution in [2.45, 2.75) is 6.61 Å². The van der Waals surface area contributed by atoms with Crippen molar-refractivity contribution in [1.29, 1.82) is 0 Å². The first-order valence-electron chi connectivity index (χ1n) is 6.28. The molecule has 0 saturated carbocycles. The molecule has 2 aromatic carbocycles. The Morgan fingerprint density at radius 1 is 1.14 bits per heavy atom. The number of anilines is 1. The fourth-order valence-corrected chi connectivity index (χ4v) is 1.99. The van der Waals surface area contributed by atoms with Crippen molar-refractivity contribution in [2.75, 3.05) is 12.1 Å². The van der Waals surface area contributed by atoms with Gasteiger partial charge in [0.05, 0.1) is 0 Å². The van der Waals surface area contributed by atoms with E-state index in [0.29, 0.717) is 22.2 Å². The van der Waals surface area contributed by atoms with Crippen LogP contribution in [0.15, 0.2) is 42.5 Å². The molecule has 0 saturated heterocycles. The molecule has 0 fully saturated rings. The number of carbonyl (C=O) groups excluding carboxylic acids is 1. The molecule has 21 heavy (non-hydrogen) atoms. The molecule has 0 unspecified atom stereocenters.